The Morgan fingerprint density at radius 2 is 1.44 bits per heavy atom. The molecule has 0 saturated heterocycles. The Morgan fingerprint density at radius 1 is 0.720 bits per heavy atom. The van der Waals surface area contributed by atoms with Gasteiger partial charge in [-0.3, -0.25) is 4.98 Å². The van der Waals surface area contributed by atoms with Crippen molar-refractivity contribution in [1.82, 2.24) is 4.98 Å². The molecule has 124 valence electrons. The van der Waals surface area contributed by atoms with Gasteiger partial charge in [-0.15, -0.1) is 0 Å². The lowest BCUT2D eigenvalue weighted by Crippen LogP contribution is -1.92. The number of rotatable bonds is 1. The first-order chi connectivity index (χ1) is 11.9. The molecule has 0 aliphatic carbocycles. The molecule has 3 aromatic carbocycles. The molecule has 0 amide bonds. The zero-order valence-electron chi connectivity index (χ0n) is 14.3. The molecule has 1 nitrogen and oxygen atoms in total. The number of pyridine rings is 1. The minimum absolute atomic E-state index is 0.428. The maximum atomic E-state index is 14.5. The lowest BCUT2D eigenvalue weighted by Gasteiger charge is -2.14. The van der Waals surface area contributed by atoms with Crippen LogP contribution in [0.3, 0.4) is 0 Å². The molecule has 0 saturated carbocycles. The van der Waals surface area contributed by atoms with Gasteiger partial charge in [0.05, 0.1) is 0 Å². The summed E-state index contributed by atoms with van der Waals surface area (Å²) in [6.45, 7) is 6.00. The Kier molecular flexibility index (Phi) is 3.53. The Labute approximate surface area is 144 Å². The summed E-state index contributed by atoms with van der Waals surface area (Å²) < 4.78 is 28.3. The van der Waals surface area contributed by atoms with Gasteiger partial charge in [-0.05, 0) is 60.4 Å². The standard InChI is InChI=1S/C22H17F2N/c1-12-4-13(2)6-15(5-12)17-9-18-19(7-16(23)8-21(18)24)22-14(3)10-25-11-20(17)22/h4-11H,1-3H3. The van der Waals surface area contributed by atoms with Crippen molar-refractivity contribution in [2.75, 3.05) is 0 Å². The Balaban J connectivity index is 2.23. The molecule has 0 radical (unpaired) electrons. The predicted octanol–water partition coefficient (Wildman–Crippen LogP) is 6.26. The molecule has 0 atom stereocenters. The van der Waals surface area contributed by atoms with E-state index in [1.165, 1.54) is 6.07 Å². The fraction of sp³-hybridized carbons (Fsp3) is 0.136. The van der Waals surface area contributed by atoms with Crippen molar-refractivity contribution in [2.45, 2.75) is 20.8 Å². The maximum absolute atomic E-state index is 14.5. The SMILES string of the molecule is Cc1cc(C)cc(-c2cc3c(F)cc(F)cc3c3c(C)cncc23)c1. The molecule has 3 heteroatoms. The highest BCUT2D eigenvalue weighted by atomic mass is 19.1. The maximum Gasteiger partial charge on any atom is 0.133 e. The molecule has 0 N–H and O–H groups in total. The van der Waals surface area contributed by atoms with E-state index in [0.29, 0.717) is 10.8 Å². The van der Waals surface area contributed by atoms with Gasteiger partial charge in [-0.2, -0.15) is 0 Å². The number of hydrogen-bond donors (Lipinski definition) is 0. The average Bonchev–Trinajstić information content (AvgIpc) is 2.53. The fourth-order valence-electron chi connectivity index (χ4n) is 3.66. The first kappa shape index (κ1) is 15.7. The number of fused-ring (bicyclic) bond motifs is 3. The van der Waals surface area contributed by atoms with Crippen LogP contribution < -0.4 is 0 Å². The second-order valence-corrected chi connectivity index (χ2v) is 6.66. The van der Waals surface area contributed by atoms with Crippen LogP contribution in [0.25, 0.3) is 32.7 Å². The number of aryl methyl sites for hydroxylation is 3. The van der Waals surface area contributed by atoms with E-state index in [0.717, 1.165) is 44.7 Å². The Bertz CT molecular complexity index is 1130. The summed E-state index contributed by atoms with van der Waals surface area (Å²) in [5.74, 6) is -1.11. The molecule has 0 aliphatic heterocycles. The van der Waals surface area contributed by atoms with Crippen LogP contribution in [0.2, 0.25) is 0 Å². The first-order valence-electron chi connectivity index (χ1n) is 8.19. The van der Waals surface area contributed by atoms with Crippen LogP contribution >= 0.6 is 0 Å². The third-order valence-corrected chi connectivity index (χ3v) is 4.61. The minimum Gasteiger partial charge on any atom is -0.264 e. The third kappa shape index (κ3) is 2.56. The highest BCUT2D eigenvalue weighted by Gasteiger charge is 2.15. The Hall–Kier alpha value is -2.81. The van der Waals surface area contributed by atoms with E-state index < -0.39 is 11.6 Å². The molecule has 0 spiro atoms. The van der Waals surface area contributed by atoms with Crippen LogP contribution in [0.1, 0.15) is 16.7 Å². The van der Waals surface area contributed by atoms with Gasteiger partial charge < -0.3 is 0 Å². The zero-order valence-corrected chi connectivity index (χ0v) is 14.3. The van der Waals surface area contributed by atoms with Gasteiger partial charge in [0.15, 0.2) is 0 Å². The van der Waals surface area contributed by atoms with E-state index in [4.69, 9.17) is 0 Å². The van der Waals surface area contributed by atoms with Crippen LogP contribution in [-0.2, 0) is 0 Å². The van der Waals surface area contributed by atoms with E-state index in [1.807, 2.05) is 26.8 Å². The van der Waals surface area contributed by atoms with Gasteiger partial charge >= 0.3 is 0 Å². The lowest BCUT2D eigenvalue weighted by molar-refractivity contribution is 0.592. The number of halogens is 2. The zero-order chi connectivity index (χ0) is 17.7. The smallest absolute Gasteiger partial charge is 0.133 e. The molecular weight excluding hydrogens is 316 g/mol. The summed E-state index contributed by atoms with van der Waals surface area (Å²) in [6, 6.07) is 10.4. The van der Waals surface area contributed by atoms with Crippen LogP contribution in [0.15, 0.2) is 48.8 Å². The average molecular weight is 333 g/mol. The normalized spacial score (nSPS) is 11.4. The minimum atomic E-state index is -0.568. The molecule has 25 heavy (non-hydrogen) atoms. The summed E-state index contributed by atoms with van der Waals surface area (Å²) in [7, 11) is 0. The number of benzene rings is 3. The molecular formula is C22H17F2N. The molecule has 1 heterocycles. The van der Waals surface area contributed by atoms with Crippen molar-refractivity contribution in [3.63, 3.8) is 0 Å². The summed E-state index contributed by atoms with van der Waals surface area (Å²) in [5, 5.41) is 2.76. The van der Waals surface area contributed by atoms with Gasteiger partial charge in [0.1, 0.15) is 11.6 Å². The van der Waals surface area contributed by atoms with Gasteiger partial charge in [0.25, 0.3) is 0 Å². The van der Waals surface area contributed by atoms with Gasteiger partial charge in [-0.1, -0.05) is 29.3 Å². The van der Waals surface area contributed by atoms with Crippen LogP contribution in [0, 0.1) is 32.4 Å². The largest absolute Gasteiger partial charge is 0.264 e. The van der Waals surface area contributed by atoms with Gasteiger partial charge in [0, 0.05) is 29.2 Å². The molecule has 0 unspecified atom stereocenters. The Morgan fingerprint density at radius 3 is 2.16 bits per heavy atom. The van der Waals surface area contributed by atoms with Gasteiger partial charge in [0.2, 0.25) is 0 Å². The van der Waals surface area contributed by atoms with E-state index in [-0.39, 0.29) is 0 Å². The summed E-state index contributed by atoms with van der Waals surface area (Å²) in [6.07, 6.45) is 3.51. The van der Waals surface area contributed by atoms with E-state index in [1.54, 1.807) is 12.4 Å². The molecule has 4 aromatic rings. The lowest BCUT2D eigenvalue weighted by atomic mass is 9.91. The summed E-state index contributed by atoms with van der Waals surface area (Å²) in [4.78, 5) is 4.31. The van der Waals surface area contributed by atoms with Crippen molar-refractivity contribution < 1.29 is 8.78 Å². The topological polar surface area (TPSA) is 12.9 Å². The fourth-order valence-corrected chi connectivity index (χ4v) is 3.66. The van der Waals surface area contributed by atoms with Crippen molar-refractivity contribution in [3.8, 4) is 11.1 Å². The van der Waals surface area contributed by atoms with Crippen molar-refractivity contribution in [1.29, 1.82) is 0 Å². The van der Waals surface area contributed by atoms with Crippen LogP contribution in [0.4, 0.5) is 8.78 Å². The first-order valence-corrected chi connectivity index (χ1v) is 8.19. The number of hydrogen-bond acceptors (Lipinski definition) is 1. The van der Waals surface area contributed by atoms with E-state index >= 15 is 0 Å². The second kappa shape index (κ2) is 5.62. The third-order valence-electron chi connectivity index (χ3n) is 4.61. The highest BCUT2D eigenvalue weighted by Crippen LogP contribution is 2.37. The number of aromatic nitrogens is 1. The van der Waals surface area contributed by atoms with Crippen molar-refractivity contribution in [3.05, 3.63) is 77.1 Å². The molecule has 0 fully saturated rings. The number of nitrogens with zero attached hydrogens (tertiary/aromatic N) is 1. The van der Waals surface area contributed by atoms with E-state index in [2.05, 4.69) is 23.2 Å². The quantitative estimate of drug-likeness (QED) is 0.375. The second-order valence-electron chi connectivity index (χ2n) is 6.66. The van der Waals surface area contributed by atoms with Crippen molar-refractivity contribution >= 4 is 21.5 Å². The van der Waals surface area contributed by atoms with Crippen LogP contribution in [-0.4, -0.2) is 4.98 Å². The predicted molar refractivity (Wildman–Crippen MR) is 98.8 cm³/mol. The monoisotopic (exact) mass is 333 g/mol. The molecule has 0 bridgehead atoms. The van der Waals surface area contributed by atoms with Crippen molar-refractivity contribution in [2.24, 2.45) is 0 Å². The summed E-state index contributed by atoms with van der Waals surface area (Å²) >= 11 is 0. The van der Waals surface area contributed by atoms with Gasteiger partial charge in [-0.25, -0.2) is 8.78 Å². The highest BCUT2D eigenvalue weighted by molar-refractivity contribution is 6.14. The van der Waals surface area contributed by atoms with Crippen LogP contribution in [0.5, 0.6) is 0 Å². The summed E-state index contributed by atoms with van der Waals surface area (Å²) in [5.41, 5.74) is 5.11. The molecule has 1 aromatic heterocycles. The molecule has 0 aliphatic rings. The van der Waals surface area contributed by atoms with E-state index in [9.17, 15) is 8.78 Å². The molecule has 4 rings (SSSR count).